The molecular formula is C21H20F3N3O2S. The van der Waals surface area contributed by atoms with Gasteiger partial charge < -0.3 is 9.88 Å². The molecule has 0 saturated heterocycles. The standard InChI is InChI=1S/C21H20F3N3O2S/c1-27-12-20(26-13-27)18-10-17(30(28,29)16-6-7-16)8-9-19(18)25-11-14-2-4-15(5-3-14)21(22,23)24/h2-5,8-10,12-13,16,25H,6-7,11H2,1H3. The Morgan fingerprint density at radius 2 is 1.83 bits per heavy atom. The highest BCUT2D eigenvalue weighted by Gasteiger charge is 2.37. The Kier molecular flexibility index (Phi) is 5.09. The molecule has 1 saturated carbocycles. The number of sulfone groups is 1. The number of rotatable bonds is 6. The second kappa shape index (κ2) is 7.46. The third-order valence-electron chi connectivity index (χ3n) is 5.03. The van der Waals surface area contributed by atoms with Crippen molar-refractivity contribution in [2.75, 3.05) is 5.32 Å². The largest absolute Gasteiger partial charge is 0.416 e. The Morgan fingerprint density at radius 1 is 1.13 bits per heavy atom. The summed E-state index contributed by atoms with van der Waals surface area (Å²) in [5, 5.41) is 2.87. The van der Waals surface area contributed by atoms with Gasteiger partial charge in [0, 0.05) is 31.0 Å². The molecule has 0 bridgehead atoms. The Bertz CT molecular complexity index is 1160. The van der Waals surface area contributed by atoms with Crippen molar-refractivity contribution >= 4 is 15.5 Å². The van der Waals surface area contributed by atoms with Crippen molar-refractivity contribution in [3.8, 4) is 11.3 Å². The third-order valence-corrected chi connectivity index (χ3v) is 7.29. The predicted octanol–water partition coefficient (Wildman–Crippen LogP) is 4.65. The van der Waals surface area contributed by atoms with Crippen molar-refractivity contribution in [3.63, 3.8) is 0 Å². The number of benzene rings is 2. The van der Waals surface area contributed by atoms with Gasteiger partial charge in [0.25, 0.3) is 0 Å². The van der Waals surface area contributed by atoms with Crippen LogP contribution in [0, 0.1) is 0 Å². The van der Waals surface area contributed by atoms with E-state index >= 15 is 0 Å². The molecule has 0 spiro atoms. The van der Waals surface area contributed by atoms with Crippen molar-refractivity contribution in [1.29, 1.82) is 0 Å². The molecule has 1 aromatic heterocycles. The molecular weight excluding hydrogens is 415 g/mol. The van der Waals surface area contributed by atoms with E-state index in [4.69, 9.17) is 0 Å². The molecule has 4 rings (SSSR count). The highest BCUT2D eigenvalue weighted by Crippen LogP contribution is 2.37. The molecule has 0 aliphatic heterocycles. The maximum absolute atomic E-state index is 12.7. The van der Waals surface area contributed by atoms with Gasteiger partial charge in [0.05, 0.1) is 27.7 Å². The zero-order valence-electron chi connectivity index (χ0n) is 16.1. The van der Waals surface area contributed by atoms with Gasteiger partial charge in [-0.1, -0.05) is 12.1 Å². The van der Waals surface area contributed by atoms with E-state index in [0.29, 0.717) is 35.3 Å². The Balaban J connectivity index is 1.62. The molecule has 1 N–H and O–H groups in total. The van der Waals surface area contributed by atoms with Gasteiger partial charge in [-0.15, -0.1) is 0 Å². The first-order valence-corrected chi connectivity index (χ1v) is 11.0. The Morgan fingerprint density at radius 3 is 2.40 bits per heavy atom. The lowest BCUT2D eigenvalue weighted by Gasteiger charge is -2.14. The number of imidazole rings is 1. The molecule has 0 unspecified atom stereocenters. The number of alkyl halides is 3. The van der Waals surface area contributed by atoms with Gasteiger partial charge in [0.15, 0.2) is 9.84 Å². The SMILES string of the molecule is Cn1cnc(-c2cc(S(=O)(=O)C3CC3)ccc2NCc2ccc(C(F)(F)F)cc2)c1. The van der Waals surface area contributed by atoms with Gasteiger partial charge in [0.1, 0.15) is 0 Å². The predicted molar refractivity (Wildman–Crippen MR) is 108 cm³/mol. The van der Waals surface area contributed by atoms with Crippen LogP contribution in [0.5, 0.6) is 0 Å². The van der Waals surface area contributed by atoms with E-state index in [1.54, 1.807) is 35.3 Å². The fourth-order valence-electron chi connectivity index (χ4n) is 3.20. The van der Waals surface area contributed by atoms with Gasteiger partial charge in [0.2, 0.25) is 0 Å². The molecule has 0 amide bonds. The van der Waals surface area contributed by atoms with Gasteiger partial charge in [-0.05, 0) is 48.7 Å². The van der Waals surface area contributed by atoms with Crippen molar-refractivity contribution in [3.05, 3.63) is 66.1 Å². The van der Waals surface area contributed by atoms with Crippen LogP contribution < -0.4 is 5.32 Å². The van der Waals surface area contributed by atoms with E-state index in [1.165, 1.54) is 12.1 Å². The van der Waals surface area contributed by atoms with E-state index < -0.39 is 21.6 Å². The lowest BCUT2D eigenvalue weighted by Crippen LogP contribution is -2.09. The molecule has 0 radical (unpaired) electrons. The lowest BCUT2D eigenvalue weighted by molar-refractivity contribution is -0.137. The van der Waals surface area contributed by atoms with E-state index in [9.17, 15) is 21.6 Å². The maximum atomic E-state index is 12.7. The quantitative estimate of drug-likeness (QED) is 0.612. The zero-order valence-corrected chi connectivity index (χ0v) is 17.0. The highest BCUT2D eigenvalue weighted by molar-refractivity contribution is 7.92. The van der Waals surface area contributed by atoms with Crippen LogP contribution in [-0.2, 0) is 29.6 Å². The number of anilines is 1. The summed E-state index contributed by atoms with van der Waals surface area (Å²) >= 11 is 0. The van der Waals surface area contributed by atoms with Crippen molar-refractivity contribution in [1.82, 2.24) is 9.55 Å². The van der Waals surface area contributed by atoms with Crippen molar-refractivity contribution in [2.45, 2.75) is 35.7 Å². The smallest absolute Gasteiger partial charge is 0.380 e. The third kappa shape index (κ3) is 4.21. The van der Waals surface area contributed by atoms with Crippen LogP contribution in [0.15, 0.2) is 59.9 Å². The number of hydrogen-bond donors (Lipinski definition) is 1. The summed E-state index contributed by atoms with van der Waals surface area (Å²) in [6.45, 7) is 0.284. The van der Waals surface area contributed by atoms with E-state index in [1.807, 2.05) is 7.05 Å². The van der Waals surface area contributed by atoms with Crippen molar-refractivity contribution in [2.24, 2.45) is 7.05 Å². The Labute approximate surface area is 172 Å². The van der Waals surface area contributed by atoms with Gasteiger partial charge in [-0.25, -0.2) is 13.4 Å². The lowest BCUT2D eigenvalue weighted by atomic mass is 10.1. The monoisotopic (exact) mass is 435 g/mol. The highest BCUT2D eigenvalue weighted by atomic mass is 32.2. The summed E-state index contributed by atoms with van der Waals surface area (Å²) in [5.41, 5.74) is 1.87. The number of aromatic nitrogens is 2. The molecule has 9 heteroatoms. The molecule has 158 valence electrons. The first-order valence-electron chi connectivity index (χ1n) is 9.41. The zero-order chi connectivity index (χ0) is 21.5. The van der Waals surface area contributed by atoms with Crippen LogP contribution in [0.2, 0.25) is 0 Å². The number of hydrogen-bond acceptors (Lipinski definition) is 4. The minimum Gasteiger partial charge on any atom is -0.380 e. The molecule has 3 aromatic rings. The molecule has 1 fully saturated rings. The van der Waals surface area contributed by atoms with E-state index in [0.717, 1.165) is 12.1 Å². The van der Waals surface area contributed by atoms with Gasteiger partial charge >= 0.3 is 6.18 Å². The van der Waals surface area contributed by atoms with Gasteiger partial charge in [-0.2, -0.15) is 13.2 Å². The minimum atomic E-state index is -4.37. The van der Waals surface area contributed by atoms with E-state index in [-0.39, 0.29) is 16.7 Å². The maximum Gasteiger partial charge on any atom is 0.416 e. The average Bonchev–Trinajstić information content (AvgIpc) is 3.48. The van der Waals surface area contributed by atoms with Crippen LogP contribution in [0.25, 0.3) is 11.3 Å². The van der Waals surface area contributed by atoms with Crippen LogP contribution in [0.1, 0.15) is 24.0 Å². The van der Waals surface area contributed by atoms with E-state index in [2.05, 4.69) is 10.3 Å². The summed E-state index contributed by atoms with van der Waals surface area (Å²) in [4.78, 5) is 4.58. The fourth-order valence-corrected chi connectivity index (χ4v) is 4.88. The van der Waals surface area contributed by atoms with Crippen LogP contribution >= 0.6 is 0 Å². The molecule has 1 aliphatic carbocycles. The minimum absolute atomic E-state index is 0.255. The molecule has 2 aromatic carbocycles. The van der Waals surface area contributed by atoms with Crippen LogP contribution in [0.3, 0.4) is 0 Å². The first kappa shape index (κ1) is 20.5. The molecule has 30 heavy (non-hydrogen) atoms. The number of aryl methyl sites for hydroxylation is 1. The number of nitrogens with one attached hydrogen (secondary N) is 1. The summed E-state index contributed by atoms with van der Waals surface area (Å²) in [7, 11) is -1.54. The van der Waals surface area contributed by atoms with Crippen LogP contribution in [0.4, 0.5) is 18.9 Å². The normalized spacial score (nSPS) is 14.7. The Hall–Kier alpha value is -2.81. The van der Waals surface area contributed by atoms with Crippen molar-refractivity contribution < 1.29 is 21.6 Å². The van der Waals surface area contributed by atoms with Gasteiger partial charge in [-0.3, -0.25) is 0 Å². The molecule has 1 aliphatic rings. The number of halogens is 3. The average molecular weight is 435 g/mol. The molecule has 5 nitrogen and oxygen atoms in total. The molecule has 1 heterocycles. The fraction of sp³-hybridized carbons (Fsp3) is 0.286. The second-order valence-corrected chi connectivity index (χ2v) is 9.65. The summed E-state index contributed by atoms with van der Waals surface area (Å²) in [6, 6.07) is 9.79. The topological polar surface area (TPSA) is 64.0 Å². The van der Waals surface area contributed by atoms with Crippen LogP contribution in [-0.4, -0.2) is 23.2 Å². The number of nitrogens with zero attached hydrogens (tertiary/aromatic N) is 2. The second-order valence-electron chi connectivity index (χ2n) is 7.42. The summed E-state index contributed by atoms with van der Waals surface area (Å²) in [6.07, 6.45) is 0.383. The summed E-state index contributed by atoms with van der Waals surface area (Å²) in [5.74, 6) is 0. The first-order chi connectivity index (χ1) is 14.1. The summed E-state index contributed by atoms with van der Waals surface area (Å²) < 4.78 is 65.3. The molecule has 0 atom stereocenters.